The van der Waals surface area contributed by atoms with Crippen molar-refractivity contribution in [2.75, 3.05) is 5.32 Å². The summed E-state index contributed by atoms with van der Waals surface area (Å²) in [5, 5.41) is 11.5. The quantitative estimate of drug-likeness (QED) is 0.827. The molecule has 0 saturated carbocycles. The number of carbonyl (C=O) groups is 3. The number of benzene rings is 1. The number of amides is 1. The number of hydrogen-bond acceptors (Lipinski definition) is 3. The molecule has 0 bridgehead atoms. The van der Waals surface area contributed by atoms with Gasteiger partial charge in [-0.1, -0.05) is 13.8 Å². The van der Waals surface area contributed by atoms with Gasteiger partial charge in [0.25, 0.3) is 0 Å². The van der Waals surface area contributed by atoms with Crippen molar-refractivity contribution in [1.82, 2.24) is 0 Å². The highest BCUT2D eigenvalue weighted by Crippen LogP contribution is 2.33. The Morgan fingerprint density at radius 2 is 2.15 bits per heavy atom. The summed E-state index contributed by atoms with van der Waals surface area (Å²) in [7, 11) is 0. The van der Waals surface area contributed by atoms with E-state index in [-0.39, 0.29) is 24.0 Å². The van der Waals surface area contributed by atoms with Crippen molar-refractivity contribution in [3.63, 3.8) is 0 Å². The highest BCUT2D eigenvalue weighted by atomic mass is 16.4. The number of nitrogens with one attached hydrogen (secondary N) is 1. The molecule has 5 heteroatoms. The van der Waals surface area contributed by atoms with Gasteiger partial charge in [0.1, 0.15) is 0 Å². The van der Waals surface area contributed by atoms with Gasteiger partial charge in [-0.25, -0.2) is 0 Å². The summed E-state index contributed by atoms with van der Waals surface area (Å²) in [6, 6.07) is 5.11. The van der Waals surface area contributed by atoms with Gasteiger partial charge in [-0.15, -0.1) is 0 Å². The normalized spacial score (nSPS) is 18.9. The SMILES string of the molecule is CC(CC(=O)O)C(=O)c1ccc2c(c1)C(C)CC(=O)N2. The zero-order chi connectivity index (χ0) is 14.9. The number of carboxylic acids is 1. The Hall–Kier alpha value is -2.17. The first-order valence-electron chi connectivity index (χ1n) is 6.58. The van der Waals surface area contributed by atoms with Gasteiger partial charge in [0.05, 0.1) is 6.42 Å². The molecule has 0 saturated heterocycles. The Morgan fingerprint density at radius 3 is 2.80 bits per heavy atom. The molecule has 5 nitrogen and oxygen atoms in total. The van der Waals surface area contributed by atoms with Crippen LogP contribution in [0.5, 0.6) is 0 Å². The van der Waals surface area contributed by atoms with E-state index in [0.717, 1.165) is 11.3 Å². The fourth-order valence-electron chi connectivity index (χ4n) is 2.47. The third-order valence-corrected chi connectivity index (χ3v) is 3.56. The summed E-state index contributed by atoms with van der Waals surface area (Å²) in [4.78, 5) is 34.3. The maximum absolute atomic E-state index is 12.2. The van der Waals surface area contributed by atoms with Gasteiger partial charge in [-0.2, -0.15) is 0 Å². The molecule has 2 rings (SSSR count). The zero-order valence-electron chi connectivity index (χ0n) is 11.5. The lowest BCUT2D eigenvalue weighted by Crippen LogP contribution is -2.22. The summed E-state index contributed by atoms with van der Waals surface area (Å²) in [5.41, 5.74) is 2.16. The molecule has 0 fully saturated rings. The Balaban J connectivity index is 2.27. The van der Waals surface area contributed by atoms with Crippen molar-refractivity contribution < 1.29 is 19.5 Å². The molecule has 2 unspecified atom stereocenters. The van der Waals surface area contributed by atoms with E-state index < -0.39 is 11.9 Å². The summed E-state index contributed by atoms with van der Waals surface area (Å²) in [6.45, 7) is 3.55. The summed E-state index contributed by atoms with van der Waals surface area (Å²) >= 11 is 0. The maximum Gasteiger partial charge on any atom is 0.304 e. The van der Waals surface area contributed by atoms with E-state index in [0.29, 0.717) is 12.0 Å². The first-order chi connectivity index (χ1) is 9.38. The monoisotopic (exact) mass is 275 g/mol. The summed E-state index contributed by atoms with van der Waals surface area (Å²) < 4.78 is 0. The second kappa shape index (κ2) is 5.45. The van der Waals surface area contributed by atoms with Gasteiger partial charge >= 0.3 is 5.97 Å². The van der Waals surface area contributed by atoms with E-state index in [9.17, 15) is 14.4 Å². The molecular formula is C15H17NO4. The Bertz CT molecular complexity index is 579. The molecule has 1 aliphatic heterocycles. The molecular weight excluding hydrogens is 258 g/mol. The molecule has 2 atom stereocenters. The van der Waals surface area contributed by atoms with Gasteiger partial charge in [0.2, 0.25) is 5.91 Å². The summed E-state index contributed by atoms with van der Waals surface area (Å²) in [6.07, 6.45) is 0.220. The number of carboxylic acid groups (broad SMARTS) is 1. The fourth-order valence-corrected chi connectivity index (χ4v) is 2.47. The Morgan fingerprint density at radius 1 is 1.45 bits per heavy atom. The second-order valence-corrected chi connectivity index (χ2v) is 5.32. The molecule has 106 valence electrons. The molecule has 0 aromatic heterocycles. The standard InChI is InChI=1S/C15H17NO4/c1-8-5-13(17)16-12-4-3-10(7-11(8)12)15(20)9(2)6-14(18)19/h3-4,7-9H,5-6H2,1-2H3,(H,16,17)(H,18,19). The van der Waals surface area contributed by atoms with E-state index in [2.05, 4.69) is 5.32 Å². The second-order valence-electron chi connectivity index (χ2n) is 5.32. The van der Waals surface area contributed by atoms with Crippen molar-refractivity contribution in [3.05, 3.63) is 29.3 Å². The lowest BCUT2D eigenvalue weighted by atomic mass is 9.88. The van der Waals surface area contributed by atoms with Crippen molar-refractivity contribution in [3.8, 4) is 0 Å². The molecule has 1 aromatic carbocycles. The maximum atomic E-state index is 12.2. The Labute approximate surface area is 117 Å². The predicted molar refractivity (Wildman–Crippen MR) is 73.9 cm³/mol. The fraction of sp³-hybridized carbons (Fsp3) is 0.400. The number of fused-ring (bicyclic) bond motifs is 1. The zero-order valence-corrected chi connectivity index (χ0v) is 11.5. The first kappa shape index (κ1) is 14.2. The molecule has 0 spiro atoms. The van der Waals surface area contributed by atoms with Crippen LogP contribution in [-0.2, 0) is 9.59 Å². The minimum absolute atomic E-state index is 0.0247. The van der Waals surface area contributed by atoms with Crippen LogP contribution in [0.15, 0.2) is 18.2 Å². The number of rotatable bonds is 4. The molecule has 2 N–H and O–H groups in total. The minimum atomic E-state index is -0.982. The lowest BCUT2D eigenvalue weighted by molar-refractivity contribution is -0.137. The van der Waals surface area contributed by atoms with Crippen molar-refractivity contribution >= 4 is 23.3 Å². The molecule has 0 radical (unpaired) electrons. The number of aliphatic carboxylic acids is 1. The van der Waals surface area contributed by atoms with Gasteiger partial charge in [0.15, 0.2) is 5.78 Å². The van der Waals surface area contributed by atoms with Gasteiger partial charge < -0.3 is 10.4 Å². The van der Waals surface area contributed by atoms with Crippen LogP contribution < -0.4 is 5.32 Å². The Kier molecular flexibility index (Phi) is 3.88. The topological polar surface area (TPSA) is 83.5 Å². The smallest absolute Gasteiger partial charge is 0.304 e. The number of ketones is 1. The van der Waals surface area contributed by atoms with Crippen LogP contribution in [0.4, 0.5) is 5.69 Å². The van der Waals surface area contributed by atoms with E-state index in [1.807, 2.05) is 6.92 Å². The number of carbonyl (C=O) groups excluding carboxylic acids is 2. The van der Waals surface area contributed by atoms with Crippen LogP contribution >= 0.6 is 0 Å². The first-order valence-corrected chi connectivity index (χ1v) is 6.58. The van der Waals surface area contributed by atoms with E-state index >= 15 is 0 Å². The van der Waals surface area contributed by atoms with Crippen LogP contribution in [0, 0.1) is 5.92 Å². The van der Waals surface area contributed by atoms with Crippen LogP contribution in [0.2, 0.25) is 0 Å². The predicted octanol–water partition coefficient (Wildman–Crippen LogP) is 2.43. The third-order valence-electron chi connectivity index (χ3n) is 3.56. The number of hydrogen-bond donors (Lipinski definition) is 2. The van der Waals surface area contributed by atoms with Crippen LogP contribution in [0.1, 0.15) is 48.5 Å². The van der Waals surface area contributed by atoms with Crippen LogP contribution in [-0.4, -0.2) is 22.8 Å². The van der Waals surface area contributed by atoms with Crippen molar-refractivity contribution in [2.45, 2.75) is 32.6 Å². The molecule has 1 aliphatic rings. The van der Waals surface area contributed by atoms with Gasteiger partial charge in [-0.05, 0) is 29.7 Å². The van der Waals surface area contributed by atoms with E-state index in [4.69, 9.17) is 5.11 Å². The molecule has 0 aliphatic carbocycles. The largest absolute Gasteiger partial charge is 0.481 e. The minimum Gasteiger partial charge on any atom is -0.481 e. The van der Waals surface area contributed by atoms with Crippen LogP contribution in [0.3, 0.4) is 0 Å². The van der Waals surface area contributed by atoms with E-state index in [1.165, 1.54) is 0 Å². The molecule has 1 heterocycles. The lowest BCUT2D eigenvalue weighted by Gasteiger charge is -2.23. The highest BCUT2D eigenvalue weighted by Gasteiger charge is 2.24. The van der Waals surface area contributed by atoms with E-state index in [1.54, 1.807) is 25.1 Å². The molecule has 20 heavy (non-hydrogen) atoms. The molecule has 1 amide bonds. The summed E-state index contributed by atoms with van der Waals surface area (Å²) in [5.74, 6) is -1.69. The third kappa shape index (κ3) is 2.87. The molecule has 1 aromatic rings. The average molecular weight is 275 g/mol. The van der Waals surface area contributed by atoms with Gasteiger partial charge in [0, 0.05) is 23.6 Å². The number of Topliss-reactive ketones (excluding diaryl/α,β-unsaturated/α-hetero) is 1. The average Bonchev–Trinajstić information content (AvgIpc) is 2.36. The van der Waals surface area contributed by atoms with Crippen LogP contribution in [0.25, 0.3) is 0 Å². The van der Waals surface area contributed by atoms with Crippen molar-refractivity contribution in [1.29, 1.82) is 0 Å². The number of anilines is 1. The van der Waals surface area contributed by atoms with Gasteiger partial charge in [-0.3, -0.25) is 14.4 Å². The highest BCUT2D eigenvalue weighted by molar-refractivity contribution is 6.01. The van der Waals surface area contributed by atoms with Crippen molar-refractivity contribution in [2.24, 2.45) is 5.92 Å².